The smallest absolute Gasteiger partial charge is 0.497 e. The maximum Gasteiger partial charge on any atom is 0.573 e. The zero-order chi connectivity index (χ0) is 33.7. The van der Waals surface area contributed by atoms with Crippen LogP contribution in [0, 0.1) is 6.92 Å². The number of carbonyl (C=O) groups excluding carboxylic acids is 1. The number of hydrogen-bond acceptors (Lipinski definition) is 6. The molecule has 246 valence electrons. The molecule has 0 saturated heterocycles. The minimum Gasteiger partial charge on any atom is -0.497 e. The van der Waals surface area contributed by atoms with Crippen LogP contribution in [0.4, 0.5) is 18.0 Å². The van der Waals surface area contributed by atoms with Gasteiger partial charge in [-0.15, -0.1) is 29.6 Å². The van der Waals surface area contributed by atoms with Gasteiger partial charge in [-0.25, -0.2) is 14.5 Å². The molecular weight excluding hydrogens is 629 g/mol. The first kappa shape index (κ1) is 33.5. The quantitative estimate of drug-likeness (QED) is 0.164. The van der Waals surface area contributed by atoms with E-state index in [2.05, 4.69) is 45.9 Å². The Balaban J connectivity index is 1.19. The molecule has 0 fully saturated rings. The van der Waals surface area contributed by atoms with E-state index < -0.39 is 12.4 Å². The number of methoxy groups -OCH3 is 1. The first-order valence-electron chi connectivity index (χ1n) is 15.0. The summed E-state index contributed by atoms with van der Waals surface area (Å²) in [4.78, 5) is 22.2. The van der Waals surface area contributed by atoms with Crippen LogP contribution in [0.2, 0.25) is 0 Å². The van der Waals surface area contributed by atoms with Gasteiger partial charge in [0.1, 0.15) is 17.8 Å². The van der Waals surface area contributed by atoms with E-state index in [0.717, 1.165) is 33.8 Å². The topological polar surface area (TPSA) is 95.6 Å². The second-order valence-electron chi connectivity index (χ2n) is 11.3. The van der Waals surface area contributed by atoms with Crippen molar-refractivity contribution in [3.05, 3.63) is 100 Å². The molecule has 1 N–H and O–H groups in total. The third-order valence-electron chi connectivity index (χ3n) is 7.59. The van der Waals surface area contributed by atoms with Gasteiger partial charge >= 0.3 is 12.4 Å². The first-order chi connectivity index (χ1) is 22.4. The average Bonchev–Trinajstić information content (AvgIpc) is 3.67. The van der Waals surface area contributed by atoms with Crippen LogP contribution in [-0.2, 0) is 0 Å². The molecule has 2 amide bonds. The van der Waals surface area contributed by atoms with Crippen LogP contribution in [-0.4, -0.2) is 45.4 Å². The van der Waals surface area contributed by atoms with Crippen molar-refractivity contribution in [3.8, 4) is 34.3 Å². The third-order valence-corrected chi connectivity index (χ3v) is 8.54. The van der Waals surface area contributed by atoms with Gasteiger partial charge in [0.25, 0.3) is 0 Å². The van der Waals surface area contributed by atoms with Crippen molar-refractivity contribution in [1.29, 1.82) is 0 Å². The largest absolute Gasteiger partial charge is 0.573 e. The SMILES string of the molecule is COc1ccc(-n2c(C)csc2=NC(=O)NCCC(C)c2ccc(-c3ncn(-c4ccc(OC(F)(F)F)cc4)n3)cc2)c(C(C)C)c1. The number of hydrogen-bond donors (Lipinski definition) is 1. The summed E-state index contributed by atoms with van der Waals surface area (Å²) in [5, 5.41) is 9.37. The summed E-state index contributed by atoms with van der Waals surface area (Å²) in [6, 6.07) is 18.8. The minimum absolute atomic E-state index is 0.161. The lowest BCUT2D eigenvalue weighted by Crippen LogP contribution is -2.26. The van der Waals surface area contributed by atoms with Gasteiger partial charge in [0, 0.05) is 23.2 Å². The van der Waals surface area contributed by atoms with Crippen molar-refractivity contribution in [2.24, 2.45) is 4.99 Å². The minimum atomic E-state index is -4.75. The Kier molecular flexibility index (Phi) is 10.1. The van der Waals surface area contributed by atoms with Gasteiger partial charge in [0.05, 0.1) is 18.5 Å². The summed E-state index contributed by atoms with van der Waals surface area (Å²) in [6.07, 6.45) is -2.54. The lowest BCUT2D eigenvalue weighted by Gasteiger charge is -2.16. The zero-order valence-electron chi connectivity index (χ0n) is 26.6. The molecule has 9 nitrogen and oxygen atoms in total. The summed E-state index contributed by atoms with van der Waals surface area (Å²) in [5.74, 6) is 1.35. The van der Waals surface area contributed by atoms with Crippen molar-refractivity contribution in [2.45, 2.75) is 52.3 Å². The molecule has 0 bridgehead atoms. The third kappa shape index (κ3) is 8.28. The van der Waals surface area contributed by atoms with E-state index in [-0.39, 0.29) is 17.6 Å². The van der Waals surface area contributed by atoms with Crippen molar-refractivity contribution in [2.75, 3.05) is 13.7 Å². The number of urea groups is 1. The number of nitrogens with one attached hydrogen (secondary N) is 1. The molecular formula is C34H35F3N6O3S. The van der Waals surface area contributed by atoms with E-state index in [4.69, 9.17) is 4.74 Å². The van der Waals surface area contributed by atoms with Crippen molar-refractivity contribution >= 4 is 17.4 Å². The lowest BCUT2D eigenvalue weighted by molar-refractivity contribution is -0.274. The number of halogens is 3. The number of aryl methyl sites for hydroxylation is 1. The van der Waals surface area contributed by atoms with E-state index in [1.807, 2.05) is 59.3 Å². The molecule has 47 heavy (non-hydrogen) atoms. The predicted molar refractivity (Wildman–Crippen MR) is 174 cm³/mol. The predicted octanol–water partition coefficient (Wildman–Crippen LogP) is 7.93. The van der Waals surface area contributed by atoms with Crippen LogP contribution in [0.25, 0.3) is 22.8 Å². The molecule has 1 unspecified atom stereocenters. The Morgan fingerprint density at radius 2 is 1.72 bits per heavy atom. The summed E-state index contributed by atoms with van der Waals surface area (Å²) in [5.41, 5.74) is 5.49. The maximum absolute atomic E-state index is 12.8. The highest BCUT2D eigenvalue weighted by atomic mass is 32.1. The van der Waals surface area contributed by atoms with Gasteiger partial charge in [-0.1, -0.05) is 45.0 Å². The second-order valence-corrected chi connectivity index (χ2v) is 12.1. The van der Waals surface area contributed by atoms with Crippen molar-refractivity contribution in [1.82, 2.24) is 24.6 Å². The number of aromatic nitrogens is 4. The maximum atomic E-state index is 12.8. The molecule has 3 aromatic carbocycles. The number of carbonyl (C=O) groups is 1. The molecule has 0 spiro atoms. The molecule has 5 aromatic rings. The summed E-state index contributed by atoms with van der Waals surface area (Å²) in [6.45, 7) is 8.78. The summed E-state index contributed by atoms with van der Waals surface area (Å²) < 4.78 is 50.1. The summed E-state index contributed by atoms with van der Waals surface area (Å²) >= 11 is 1.42. The Hall–Kier alpha value is -4.91. The van der Waals surface area contributed by atoms with Crippen molar-refractivity contribution in [3.63, 3.8) is 0 Å². The number of alkyl halides is 3. The Labute approximate surface area is 274 Å². The molecule has 0 aliphatic heterocycles. The fourth-order valence-corrected chi connectivity index (χ4v) is 5.92. The second kappa shape index (κ2) is 14.2. The fraction of sp³-hybridized carbons (Fsp3) is 0.294. The highest BCUT2D eigenvalue weighted by Gasteiger charge is 2.31. The van der Waals surface area contributed by atoms with Gasteiger partial charge in [-0.3, -0.25) is 4.57 Å². The molecule has 13 heteroatoms. The number of amides is 2. The molecule has 5 rings (SSSR count). The number of benzene rings is 3. The van der Waals surface area contributed by atoms with E-state index in [1.54, 1.807) is 7.11 Å². The Morgan fingerprint density at radius 3 is 2.38 bits per heavy atom. The number of ether oxygens (including phenoxy) is 2. The van der Waals surface area contributed by atoms with E-state index >= 15 is 0 Å². The van der Waals surface area contributed by atoms with Crippen LogP contribution >= 0.6 is 11.3 Å². The molecule has 0 radical (unpaired) electrons. The van der Waals surface area contributed by atoms with Gasteiger partial charge in [-0.2, -0.15) is 4.99 Å². The van der Waals surface area contributed by atoms with Gasteiger partial charge in [-0.05, 0) is 78.8 Å². The molecule has 2 aromatic heterocycles. The molecule has 1 atom stereocenters. The highest BCUT2D eigenvalue weighted by molar-refractivity contribution is 7.07. The van der Waals surface area contributed by atoms with Gasteiger partial charge in [0.2, 0.25) is 0 Å². The lowest BCUT2D eigenvalue weighted by atomic mass is 9.96. The first-order valence-corrected chi connectivity index (χ1v) is 15.9. The molecule has 0 aliphatic carbocycles. The van der Waals surface area contributed by atoms with Crippen molar-refractivity contribution < 1.29 is 27.4 Å². The van der Waals surface area contributed by atoms with E-state index in [0.29, 0.717) is 29.3 Å². The molecule has 2 heterocycles. The van der Waals surface area contributed by atoms with E-state index in [1.165, 1.54) is 46.6 Å². The molecule has 0 aliphatic rings. The van der Waals surface area contributed by atoms with Crippen LogP contribution in [0.15, 0.2) is 83.4 Å². The fourth-order valence-electron chi connectivity index (χ4n) is 5.06. The van der Waals surface area contributed by atoms with Gasteiger partial charge in [0.15, 0.2) is 10.6 Å². The normalized spacial score (nSPS) is 12.7. The standard InChI is InChI=1S/C34H35F3N6O3S/c1-21(2)29-18-28(45-5)14-15-30(29)43-23(4)19-47-33(43)40-32(44)38-17-16-22(3)24-6-8-25(9-7-24)31-39-20-42(41-31)26-10-12-27(13-11-26)46-34(35,36)37/h6-15,18-22H,16-17H2,1-5H3,(H,38,44). The van der Waals surface area contributed by atoms with Gasteiger partial charge < -0.3 is 14.8 Å². The Morgan fingerprint density at radius 1 is 1.02 bits per heavy atom. The number of thiazole rings is 1. The van der Waals surface area contributed by atoms with E-state index in [9.17, 15) is 18.0 Å². The Bertz CT molecular complexity index is 1890. The van der Waals surface area contributed by atoms with Crippen LogP contribution in [0.3, 0.4) is 0 Å². The average molecular weight is 665 g/mol. The van der Waals surface area contributed by atoms with Crippen LogP contribution < -0.4 is 19.6 Å². The molecule has 0 saturated carbocycles. The zero-order valence-corrected chi connectivity index (χ0v) is 27.4. The van der Waals surface area contributed by atoms with Crippen LogP contribution in [0.1, 0.15) is 55.8 Å². The highest BCUT2D eigenvalue weighted by Crippen LogP contribution is 2.28. The summed E-state index contributed by atoms with van der Waals surface area (Å²) in [7, 11) is 1.65. The van der Waals surface area contributed by atoms with Crippen LogP contribution in [0.5, 0.6) is 11.5 Å². The number of nitrogens with zero attached hydrogens (tertiary/aromatic N) is 5. The monoisotopic (exact) mass is 664 g/mol. The number of rotatable bonds is 10.